The van der Waals surface area contributed by atoms with Crippen LogP contribution < -0.4 is 10.3 Å². The minimum absolute atomic E-state index is 0.0824. The third kappa shape index (κ3) is 2.94. The van der Waals surface area contributed by atoms with E-state index in [1.165, 1.54) is 11.3 Å². The van der Waals surface area contributed by atoms with Crippen LogP contribution in [0.5, 0.6) is 0 Å². The number of amides is 1. The summed E-state index contributed by atoms with van der Waals surface area (Å²) >= 11 is 6.40. The van der Waals surface area contributed by atoms with Gasteiger partial charge < -0.3 is 4.42 Å². The Morgan fingerprint density at radius 3 is 2.66 bits per heavy atom. The Balaban J connectivity index is 1.80. The lowest BCUT2D eigenvalue weighted by Crippen LogP contribution is -2.29. The van der Waals surface area contributed by atoms with Crippen molar-refractivity contribution in [2.24, 2.45) is 0 Å². The van der Waals surface area contributed by atoms with Crippen molar-refractivity contribution in [3.8, 4) is 0 Å². The summed E-state index contributed by atoms with van der Waals surface area (Å²) in [5.74, 6) is -0.269. The molecule has 0 N–H and O–H groups in total. The first-order valence-electron chi connectivity index (χ1n) is 8.71. The van der Waals surface area contributed by atoms with Crippen molar-refractivity contribution in [2.75, 3.05) is 11.2 Å². The fraction of sp³-hybridized carbons (Fsp3) is 0.0952. The summed E-state index contributed by atoms with van der Waals surface area (Å²) in [5, 5.41) is 2.78. The van der Waals surface area contributed by atoms with Gasteiger partial charge in [0.2, 0.25) is 5.76 Å². The number of carbonyl (C=O) groups is 1. The van der Waals surface area contributed by atoms with Gasteiger partial charge in [-0.2, -0.15) is 0 Å². The van der Waals surface area contributed by atoms with E-state index in [1.807, 2.05) is 35.9 Å². The standard InChI is InChI=1S/C21H13BrN2O3S2/c1-28-13-5-2-11(3-6-13)17-16-18(25)14-10-12(22)4-7-15(14)27-19(16)20(26)24(17)21-23-8-9-29-21/h2-10,17H,1H3/t17-/m0/s1. The second kappa shape index (κ2) is 7.12. The molecule has 0 fully saturated rings. The third-order valence-electron chi connectivity index (χ3n) is 4.89. The van der Waals surface area contributed by atoms with Gasteiger partial charge in [-0.25, -0.2) is 4.98 Å². The molecular weight excluding hydrogens is 472 g/mol. The highest BCUT2D eigenvalue weighted by Crippen LogP contribution is 2.42. The van der Waals surface area contributed by atoms with Crippen molar-refractivity contribution in [1.82, 2.24) is 4.98 Å². The van der Waals surface area contributed by atoms with Gasteiger partial charge in [0.1, 0.15) is 5.58 Å². The maximum atomic E-state index is 13.5. The van der Waals surface area contributed by atoms with Crippen LogP contribution in [0.4, 0.5) is 5.13 Å². The van der Waals surface area contributed by atoms with E-state index in [1.54, 1.807) is 41.1 Å². The number of thiazole rings is 1. The average molecular weight is 485 g/mol. The number of anilines is 1. The molecule has 0 saturated heterocycles. The Morgan fingerprint density at radius 1 is 1.17 bits per heavy atom. The first-order chi connectivity index (χ1) is 14.1. The van der Waals surface area contributed by atoms with E-state index in [-0.39, 0.29) is 17.1 Å². The van der Waals surface area contributed by atoms with Gasteiger partial charge in [-0.15, -0.1) is 23.1 Å². The molecule has 2 aromatic carbocycles. The van der Waals surface area contributed by atoms with Gasteiger partial charge in [-0.1, -0.05) is 28.1 Å². The molecule has 1 atom stereocenters. The Morgan fingerprint density at radius 2 is 1.97 bits per heavy atom. The molecule has 29 heavy (non-hydrogen) atoms. The van der Waals surface area contributed by atoms with Crippen LogP contribution in [0.2, 0.25) is 0 Å². The van der Waals surface area contributed by atoms with E-state index in [0.29, 0.717) is 21.7 Å². The molecule has 0 aliphatic carbocycles. The molecule has 1 aliphatic heterocycles. The molecule has 5 rings (SSSR count). The quantitative estimate of drug-likeness (QED) is 0.360. The molecule has 0 unspecified atom stereocenters. The minimum Gasteiger partial charge on any atom is -0.450 e. The van der Waals surface area contributed by atoms with Gasteiger partial charge in [-0.05, 0) is 42.2 Å². The lowest BCUT2D eigenvalue weighted by Gasteiger charge is -2.22. The first kappa shape index (κ1) is 18.6. The lowest BCUT2D eigenvalue weighted by atomic mass is 9.99. The Hall–Kier alpha value is -2.42. The zero-order valence-electron chi connectivity index (χ0n) is 15.1. The summed E-state index contributed by atoms with van der Waals surface area (Å²) in [4.78, 5) is 33.8. The zero-order chi connectivity index (χ0) is 20.1. The second-order valence-corrected chi connectivity index (χ2v) is 9.15. The van der Waals surface area contributed by atoms with E-state index in [0.717, 1.165) is 14.9 Å². The van der Waals surface area contributed by atoms with Crippen LogP contribution in [0, 0.1) is 0 Å². The summed E-state index contributed by atoms with van der Waals surface area (Å²) in [6.45, 7) is 0. The number of nitrogens with zero attached hydrogens (tertiary/aromatic N) is 2. The number of aromatic nitrogens is 1. The monoisotopic (exact) mass is 484 g/mol. The maximum absolute atomic E-state index is 13.5. The summed E-state index contributed by atoms with van der Waals surface area (Å²) in [6.07, 6.45) is 3.65. The minimum atomic E-state index is -0.584. The zero-order valence-corrected chi connectivity index (χ0v) is 18.3. The van der Waals surface area contributed by atoms with Crippen LogP contribution in [-0.4, -0.2) is 17.1 Å². The predicted octanol–water partition coefficient (Wildman–Crippen LogP) is 5.48. The fourth-order valence-corrected chi connectivity index (χ4v) is 5.02. The SMILES string of the molecule is CSc1ccc([C@H]2c3c(oc4ccc(Br)cc4c3=O)C(=O)N2c2nccs2)cc1. The van der Waals surface area contributed by atoms with Gasteiger partial charge in [0, 0.05) is 20.9 Å². The number of hydrogen-bond donors (Lipinski definition) is 0. The van der Waals surface area contributed by atoms with Crippen LogP contribution in [0.15, 0.2) is 72.6 Å². The summed E-state index contributed by atoms with van der Waals surface area (Å²) in [5.41, 5.74) is 1.39. The molecular formula is C21H13BrN2O3S2. The number of carbonyl (C=O) groups excluding carboxylic acids is 1. The molecule has 1 amide bonds. The van der Waals surface area contributed by atoms with Gasteiger partial charge in [0.25, 0.3) is 5.91 Å². The van der Waals surface area contributed by atoms with E-state index in [4.69, 9.17) is 4.42 Å². The number of rotatable bonds is 3. The topological polar surface area (TPSA) is 63.4 Å². The molecule has 144 valence electrons. The van der Waals surface area contributed by atoms with E-state index >= 15 is 0 Å². The van der Waals surface area contributed by atoms with Gasteiger partial charge in [0.15, 0.2) is 10.6 Å². The largest absolute Gasteiger partial charge is 0.450 e. The number of fused-ring (bicyclic) bond motifs is 2. The van der Waals surface area contributed by atoms with Crippen molar-refractivity contribution < 1.29 is 9.21 Å². The number of hydrogen-bond acceptors (Lipinski definition) is 6. The van der Waals surface area contributed by atoms with Crippen molar-refractivity contribution in [3.63, 3.8) is 0 Å². The molecule has 0 bridgehead atoms. The van der Waals surface area contributed by atoms with Crippen LogP contribution in [0.3, 0.4) is 0 Å². The fourth-order valence-electron chi connectivity index (χ4n) is 3.58. The van der Waals surface area contributed by atoms with E-state index in [9.17, 15) is 9.59 Å². The van der Waals surface area contributed by atoms with Crippen LogP contribution >= 0.6 is 39.0 Å². The van der Waals surface area contributed by atoms with Crippen molar-refractivity contribution in [3.05, 3.63) is 85.6 Å². The first-order valence-corrected chi connectivity index (χ1v) is 11.6. The van der Waals surface area contributed by atoms with Crippen molar-refractivity contribution in [1.29, 1.82) is 0 Å². The van der Waals surface area contributed by atoms with Gasteiger partial charge in [0.05, 0.1) is 17.0 Å². The van der Waals surface area contributed by atoms with Gasteiger partial charge >= 0.3 is 0 Å². The number of halogens is 1. The van der Waals surface area contributed by atoms with Crippen LogP contribution in [-0.2, 0) is 0 Å². The molecule has 4 aromatic rings. The van der Waals surface area contributed by atoms with Crippen LogP contribution in [0.25, 0.3) is 11.0 Å². The molecule has 0 radical (unpaired) electrons. The van der Waals surface area contributed by atoms with Gasteiger partial charge in [-0.3, -0.25) is 14.5 Å². The highest BCUT2D eigenvalue weighted by atomic mass is 79.9. The average Bonchev–Trinajstić information content (AvgIpc) is 3.35. The second-order valence-electron chi connectivity index (χ2n) is 6.48. The molecule has 1 aliphatic rings. The Kier molecular flexibility index (Phi) is 4.57. The molecule has 2 aromatic heterocycles. The Labute approximate surface area is 182 Å². The number of benzene rings is 2. The molecule has 8 heteroatoms. The smallest absolute Gasteiger partial charge is 0.297 e. The summed E-state index contributed by atoms with van der Waals surface area (Å²) in [7, 11) is 0. The van der Waals surface area contributed by atoms with Crippen LogP contribution in [0.1, 0.15) is 27.7 Å². The summed E-state index contributed by atoms with van der Waals surface area (Å²) in [6, 6.07) is 12.5. The molecule has 0 saturated carbocycles. The predicted molar refractivity (Wildman–Crippen MR) is 119 cm³/mol. The van der Waals surface area contributed by atoms with Crippen molar-refractivity contribution in [2.45, 2.75) is 10.9 Å². The molecule has 0 spiro atoms. The Bertz CT molecular complexity index is 1300. The highest BCUT2D eigenvalue weighted by Gasteiger charge is 2.44. The van der Waals surface area contributed by atoms with Crippen molar-refractivity contribution >= 4 is 61.0 Å². The van der Waals surface area contributed by atoms with E-state index < -0.39 is 6.04 Å². The normalized spacial score (nSPS) is 15.9. The maximum Gasteiger partial charge on any atom is 0.297 e. The van der Waals surface area contributed by atoms with E-state index in [2.05, 4.69) is 20.9 Å². The highest BCUT2D eigenvalue weighted by molar-refractivity contribution is 9.10. The molecule has 5 nitrogen and oxygen atoms in total. The lowest BCUT2D eigenvalue weighted by molar-refractivity contribution is 0.0971. The third-order valence-corrected chi connectivity index (χ3v) is 6.90. The number of thioether (sulfide) groups is 1. The summed E-state index contributed by atoms with van der Waals surface area (Å²) < 4.78 is 6.72. The molecule has 3 heterocycles.